The van der Waals surface area contributed by atoms with Crippen molar-refractivity contribution in [2.45, 2.75) is 13.5 Å². The number of rotatable bonds is 5. The van der Waals surface area contributed by atoms with E-state index in [4.69, 9.17) is 5.26 Å². The van der Waals surface area contributed by atoms with E-state index in [1.807, 2.05) is 6.07 Å². The van der Waals surface area contributed by atoms with Gasteiger partial charge in [-0.2, -0.15) is 5.26 Å². The summed E-state index contributed by atoms with van der Waals surface area (Å²) in [4.78, 5) is 21.0. The van der Waals surface area contributed by atoms with Crippen LogP contribution in [0.3, 0.4) is 0 Å². The first-order valence-corrected chi connectivity index (χ1v) is 8.19. The maximum atomic E-state index is 13.0. The molecular weight excluding hydrogens is 345 g/mol. The number of halogens is 1. The lowest BCUT2D eigenvalue weighted by Crippen LogP contribution is -2.16. The molecule has 1 aromatic heterocycles. The summed E-state index contributed by atoms with van der Waals surface area (Å²) in [6.07, 6.45) is 0. The maximum absolute atomic E-state index is 13.0. The topological polar surface area (TPSA) is 90.7 Å². The molecule has 0 fully saturated rings. The number of nitrogens with one attached hydrogen (secondary N) is 2. The summed E-state index contributed by atoms with van der Waals surface area (Å²) >= 11 is 0. The van der Waals surface area contributed by atoms with E-state index in [1.54, 1.807) is 49.4 Å². The number of carbonyl (C=O) groups is 1. The SMILES string of the molecule is Cc1cc(C(=O)Nc2ccccc2C#N)nc(NCc2ccc(F)cc2)n1. The average Bonchev–Trinajstić information content (AvgIpc) is 2.67. The fourth-order valence-corrected chi connectivity index (χ4v) is 2.42. The summed E-state index contributed by atoms with van der Waals surface area (Å²) in [5.74, 6) is -0.451. The summed E-state index contributed by atoms with van der Waals surface area (Å²) in [6, 6.07) is 16.4. The highest BCUT2D eigenvalue weighted by Gasteiger charge is 2.13. The van der Waals surface area contributed by atoms with Crippen LogP contribution in [-0.4, -0.2) is 15.9 Å². The molecule has 2 aromatic carbocycles. The summed E-state index contributed by atoms with van der Waals surface area (Å²) in [6.45, 7) is 2.15. The van der Waals surface area contributed by atoms with Gasteiger partial charge in [-0.25, -0.2) is 14.4 Å². The Morgan fingerprint density at radius 1 is 1.15 bits per heavy atom. The highest BCUT2D eigenvalue weighted by molar-refractivity contribution is 6.03. The van der Waals surface area contributed by atoms with E-state index in [-0.39, 0.29) is 17.5 Å². The van der Waals surface area contributed by atoms with Gasteiger partial charge in [-0.1, -0.05) is 24.3 Å². The van der Waals surface area contributed by atoms with Crippen LogP contribution in [0, 0.1) is 24.1 Å². The first kappa shape index (κ1) is 18.0. The summed E-state index contributed by atoms with van der Waals surface area (Å²) in [5.41, 5.74) is 2.44. The molecule has 0 aliphatic carbocycles. The van der Waals surface area contributed by atoms with Crippen molar-refractivity contribution < 1.29 is 9.18 Å². The van der Waals surface area contributed by atoms with Crippen molar-refractivity contribution in [3.63, 3.8) is 0 Å². The van der Waals surface area contributed by atoms with E-state index < -0.39 is 5.91 Å². The minimum Gasteiger partial charge on any atom is -0.350 e. The molecular formula is C20H16FN5O. The number of hydrogen-bond acceptors (Lipinski definition) is 5. The molecule has 0 aliphatic rings. The Balaban J connectivity index is 1.75. The molecule has 6 nitrogen and oxygen atoms in total. The van der Waals surface area contributed by atoms with Crippen molar-refractivity contribution in [3.8, 4) is 6.07 Å². The van der Waals surface area contributed by atoms with Gasteiger partial charge in [-0.05, 0) is 42.8 Å². The Kier molecular flexibility index (Phi) is 5.38. The fraction of sp³-hybridized carbons (Fsp3) is 0.100. The smallest absolute Gasteiger partial charge is 0.274 e. The van der Waals surface area contributed by atoms with Gasteiger partial charge in [0.15, 0.2) is 0 Å². The number of benzene rings is 2. The molecule has 2 N–H and O–H groups in total. The van der Waals surface area contributed by atoms with Gasteiger partial charge in [0, 0.05) is 12.2 Å². The van der Waals surface area contributed by atoms with Gasteiger partial charge in [0.2, 0.25) is 5.95 Å². The van der Waals surface area contributed by atoms with E-state index in [1.165, 1.54) is 12.1 Å². The maximum Gasteiger partial charge on any atom is 0.274 e. The zero-order valence-electron chi connectivity index (χ0n) is 14.5. The van der Waals surface area contributed by atoms with Crippen LogP contribution in [0.4, 0.5) is 16.0 Å². The van der Waals surface area contributed by atoms with Crippen molar-refractivity contribution in [3.05, 3.63) is 82.9 Å². The molecule has 1 amide bonds. The standard InChI is InChI=1S/C20H16FN5O/c1-13-10-18(19(27)25-17-5-3-2-4-15(17)11-22)26-20(24-13)23-12-14-6-8-16(21)9-7-14/h2-10H,12H2,1H3,(H,25,27)(H,23,24,26). The monoisotopic (exact) mass is 361 g/mol. The van der Waals surface area contributed by atoms with Gasteiger partial charge in [0.1, 0.15) is 17.6 Å². The van der Waals surface area contributed by atoms with Gasteiger partial charge in [-0.3, -0.25) is 4.79 Å². The zero-order valence-corrected chi connectivity index (χ0v) is 14.5. The predicted molar refractivity (Wildman–Crippen MR) is 99.6 cm³/mol. The average molecular weight is 361 g/mol. The minimum absolute atomic E-state index is 0.178. The molecule has 134 valence electrons. The fourth-order valence-electron chi connectivity index (χ4n) is 2.42. The van der Waals surface area contributed by atoms with Crippen LogP contribution < -0.4 is 10.6 Å². The highest BCUT2D eigenvalue weighted by Crippen LogP contribution is 2.15. The molecule has 0 saturated heterocycles. The van der Waals surface area contributed by atoms with Crippen molar-refractivity contribution in [2.24, 2.45) is 0 Å². The van der Waals surface area contributed by atoms with Crippen molar-refractivity contribution in [1.29, 1.82) is 5.26 Å². The van der Waals surface area contributed by atoms with Crippen LogP contribution in [0.5, 0.6) is 0 Å². The molecule has 0 spiro atoms. The molecule has 0 aliphatic heterocycles. The second-order valence-corrected chi connectivity index (χ2v) is 5.81. The zero-order chi connectivity index (χ0) is 19.2. The highest BCUT2D eigenvalue weighted by atomic mass is 19.1. The van der Waals surface area contributed by atoms with Crippen LogP contribution >= 0.6 is 0 Å². The van der Waals surface area contributed by atoms with Gasteiger partial charge in [0.25, 0.3) is 5.91 Å². The quantitative estimate of drug-likeness (QED) is 0.724. The Morgan fingerprint density at radius 3 is 2.63 bits per heavy atom. The number of carbonyl (C=O) groups excluding carboxylic acids is 1. The lowest BCUT2D eigenvalue weighted by Gasteiger charge is -2.10. The van der Waals surface area contributed by atoms with Crippen molar-refractivity contribution >= 4 is 17.5 Å². The first-order valence-electron chi connectivity index (χ1n) is 8.19. The Morgan fingerprint density at radius 2 is 1.89 bits per heavy atom. The van der Waals surface area contributed by atoms with Crippen LogP contribution in [0.15, 0.2) is 54.6 Å². The largest absolute Gasteiger partial charge is 0.350 e. The van der Waals surface area contributed by atoms with E-state index in [0.717, 1.165) is 5.56 Å². The number of aryl methyl sites for hydroxylation is 1. The molecule has 0 bridgehead atoms. The molecule has 0 radical (unpaired) electrons. The number of para-hydroxylation sites is 1. The van der Waals surface area contributed by atoms with Gasteiger partial charge < -0.3 is 10.6 Å². The third-order valence-electron chi connectivity index (χ3n) is 3.75. The summed E-state index contributed by atoms with van der Waals surface area (Å²) < 4.78 is 13.0. The molecule has 3 aromatic rings. The molecule has 27 heavy (non-hydrogen) atoms. The Hall–Kier alpha value is -3.79. The van der Waals surface area contributed by atoms with Gasteiger partial charge in [0.05, 0.1) is 11.3 Å². The first-order chi connectivity index (χ1) is 13.0. The normalized spacial score (nSPS) is 10.1. The van der Waals surface area contributed by atoms with Gasteiger partial charge >= 0.3 is 0 Å². The third kappa shape index (κ3) is 4.64. The Bertz CT molecular complexity index is 1010. The van der Waals surface area contributed by atoms with E-state index in [2.05, 4.69) is 20.6 Å². The van der Waals surface area contributed by atoms with Crippen molar-refractivity contribution in [1.82, 2.24) is 9.97 Å². The second kappa shape index (κ2) is 8.06. The molecule has 7 heteroatoms. The van der Waals surface area contributed by atoms with Crippen LogP contribution in [0.2, 0.25) is 0 Å². The molecule has 1 heterocycles. The van der Waals surface area contributed by atoms with Crippen LogP contribution in [0.1, 0.15) is 27.3 Å². The molecule has 0 saturated carbocycles. The Labute approximate surface area is 155 Å². The molecule has 0 atom stereocenters. The number of amides is 1. The van der Waals surface area contributed by atoms with Crippen molar-refractivity contribution in [2.75, 3.05) is 10.6 Å². The number of nitriles is 1. The third-order valence-corrected chi connectivity index (χ3v) is 3.75. The number of hydrogen-bond donors (Lipinski definition) is 2. The number of anilines is 2. The molecule has 3 rings (SSSR count). The lowest BCUT2D eigenvalue weighted by molar-refractivity contribution is 0.102. The molecule has 0 unspecified atom stereocenters. The van der Waals surface area contributed by atoms with E-state index in [0.29, 0.717) is 23.5 Å². The van der Waals surface area contributed by atoms with Gasteiger partial charge in [-0.15, -0.1) is 0 Å². The summed E-state index contributed by atoms with van der Waals surface area (Å²) in [5, 5.41) is 14.8. The second-order valence-electron chi connectivity index (χ2n) is 5.81. The summed E-state index contributed by atoms with van der Waals surface area (Å²) in [7, 11) is 0. The van der Waals surface area contributed by atoms with Crippen LogP contribution in [0.25, 0.3) is 0 Å². The lowest BCUT2D eigenvalue weighted by atomic mass is 10.2. The van der Waals surface area contributed by atoms with Crippen LogP contribution in [-0.2, 0) is 6.54 Å². The minimum atomic E-state index is -0.437. The number of aromatic nitrogens is 2. The van der Waals surface area contributed by atoms with E-state index in [9.17, 15) is 9.18 Å². The number of nitrogens with zero attached hydrogens (tertiary/aromatic N) is 3. The predicted octanol–water partition coefficient (Wildman–Crippen LogP) is 3.66. The van der Waals surface area contributed by atoms with E-state index >= 15 is 0 Å².